The summed E-state index contributed by atoms with van der Waals surface area (Å²) in [6, 6.07) is -1.20. The Labute approximate surface area is 108 Å². The molecule has 1 saturated heterocycles. The number of nitrogens with one attached hydrogen (secondary N) is 1. The van der Waals surface area contributed by atoms with Crippen molar-refractivity contribution >= 4 is 21.7 Å². The van der Waals surface area contributed by atoms with E-state index in [1.807, 2.05) is 0 Å². The predicted octanol–water partition coefficient (Wildman–Crippen LogP) is -0.455. The van der Waals surface area contributed by atoms with Gasteiger partial charge in [-0.05, 0) is 27.7 Å². The molecule has 1 N–H and O–H groups in total. The lowest BCUT2D eigenvalue weighted by molar-refractivity contribution is -0.147. The van der Waals surface area contributed by atoms with Crippen LogP contribution in [0.15, 0.2) is 0 Å². The minimum absolute atomic E-state index is 0.0677. The summed E-state index contributed by atoms with van der Waals surface area (Å²) in [5.41, 5.74) is 0. The second kappa shape index (κ2) is 5.26. The summed E-state index contributed by atoms with van der Waals surface area (Å²) < 4.78 is 23.4. The number of hydrogen-bond acceptors (Lipinski definition) is 4. The maximum absolute atomic E-state index is 11.9. The van der Waals surface area contributed by atoms with Gasteiger partial charge in [0, 0.05) is 6.54 Å². The van der Waals surface area contributed by atoms with Crippen molar-refractivity contribution in [1.29, 1.82) is 0 Å². The van der Waals surface area contributed by atoms with E-state index >= 15 is 0 Å². The summed E-state index contributed by atoms with van der Waals surface area (Å²) in [5, 5.41) is 2.08. The first-order valence-electron chi connectivity index (χ1n) is 5.99. The van der Waals surface area contributed by atoms with Crippen LogP contribution >= 0.6 is 0 Å². The summed E-state index contributed by atoms with van der Waals surface area (Å²) in [6.07, 6.45) is 0. The number of carbonyl (C=O) groups excluding carboxylic acids is 2. The normalized spacial score (nSPS) is 25.5. The Morgan fingerprint density at radius 2 is 1.83 bits per heavy atom. The van der Waals surface area contributed by atoms with Crippen LogP contribution in [-0.2, 0) is 19.4 Å². The van der Waals surface area contributed by atoms with Crippen LogP contribution in [0.5, 0.6) is 0 Å². The molecule has 1 fully saturated rings. The van der Waals surface area contributed by atoms with Gasteiger partial charge in [0.1, 0.15) is 12.1 Å². The SMILES string of the molecule is CC1NC(=O)C(C)N(CCS(=O)(=O)C(C)C)C1=O. The number of sulfone groups is 1. The molecule has 2 amide bonds. The Bertz CT molecular complexity index is 444. The molecule has 0 aliphatic carbocycles. The van der Waals surface area contributed by atoms with E-state index in [1.54, 1.807) is 27.7 Å². The zero-order chi connectivity index (χ0) is 14.1. The Balaban J connectivity index is 2.76. The smallest absolute Gasteiger partial charge is 0.245 e. The van der Waals surface area contributed by atoms with Gasteiger partial charge < -0.3 is 10.2 Å². The molecular weight excluding hydrogens is 256 g/mol. The van der Waals surface area contributed by atoms with Gasteiger partial charge in [0.2, 0.25) is 11.8 Å². The third kappa shape index (κ3) is 3.01. The Kier molecular flexibility index (Phi) is 4.37. The van der Waals surface area contributed by atoms with Gasteiger partial charge >= 0.3 is 0 Å². The molecule has 0 bridgehead atoms. The first-order valence-corrected chi connectivity index (χ1v) is 7.70. The van der Waals surface area contributed by atoms with Crippen LogP contribution < -0.4 is 5.32 Å². The average molecular weight is 276 g/mol. The zero-order valence-corrected chi connectivity index (χ0v) is 12.0. The van der Waals surface area contributed by atoms with Crippen molar-refractivity contribution in [3.63, 3.8) is 0 Å². The topological polar surface area (TPSA) is 83.6 Å². The van der Waals surface area contributed by atoms with Crippen molar-refractivity contribution in [1.82, 2.24) is 10.2 Å². The number of rotatable bonds is 4. The number of hydrogen-bond donors (Lipinski definition) is 1. The van der Waals surface area contributed by atoms with Crippen molar-refractivity contribution in [2.24, 2.45) is 0 Å². The van der Waals surface area contributed by atoms with E-state index in [9.17, 15) is 18.0 Å². The van der Waals surface area contributed by atoms with Crippen LogP contribution in [-0.4, -0.2) is 54.8 Å². The molecule has 0 aromatic rings. The second-order valence-corrected chi connectivity index (χ2v) is 7.53. The van der Waals surface area contributed by atoms with Crippen LogP contribution in [0.2, 0.25) is 0 Å². The molecule has 0 spiro atoms. The van der Waals surface area contributed by atoms with Crippen molar-refractivity contribution in [3.05, 3.63) is 0 Å². The molecule has 0 saturated carbocycles. The highest BCUT2D eigenvalue weighted by atomic mass is 32.2. The molecule has 0 aromatic heterocycles. The summed E-state index contributed by atoms with van der Waals surface area (Å²) in [5.74, 6) is -0.592. The van der Waals surface area contributed by atoms with Gasteiger partial charge in [-0.15, -0.1) is 0 Å². The van der Waals surface area contributed by atoms with Crippen LogP contribution in [0.1, 0.15) is 27.7 Å². The molecule has 0 aromatic carbocycles. The minimum Gasteiger partial charge on any atom is -0.343 e. The number of amides is 2. The first-order chi connectivity index (χ1) is 8.16. The standard InChI is InChI=1S/C11H20N2O4S/c1-7(2)18(16,17)6-5-13-9(4)10(14)12-8(3)11(13)15/h7-9H,5-6H2,1-4H3,(H,12,14). The van der Waals surface area contributed by atoms with Crippen molar-refractivity contribution < 1.29 is 18.0 Å². The lowest BCUT2D eigenvalue weighted by Crippen LogP contribution is -2.62. The molecule has 104 valence electrons. The summed E-state index contributed by atoms with van der Waals surface area (Å²) in [4.78, 5) is 24.8. The van der Waals surface area contributed by atoms with Gasteiger partial charge in [-0.1, -0.05) is 0 Å². The van der Waals surface area contributed by atoms with Crippen molar-refractivity contribution in [2.75, 3.05) is 12.3 Å². The van der Waals surface area contributed by atoms with Crippen molar-refractivity contribution in [2.45, 2.75) is 45.0 Å². The van der Waals surface area contributed by atoms with Crippen LogP contribution in [0.4, 0.5) is 0 Å². The van der Waals surface area contributed by atoms with Gasteiger partial charge in [0.15, 0.2) is 9.84 Å². The molecule has 6 nitrogen and oxygen atoms in total. The quantitative estimate of drug-likeness (QED) is 0.753. The van der Waals surface area contributed by atoms with Crippen LogP contribution in [0.3, 0.4) is 0 Å². The monoisotopic (exact) mass is 276 g/mol. The number of piperazine rings is 1. The Morgan fingerprint density at radius 3 is 2.33 bits per heavy atom. The summed E-state index contributed by atoms with van der Waals surface area (Å²) in [6.45, 7) is 6.47. The maximum Gasteiger partial charge on any atom is 0.245 e. The third-order valence-electron chi connectivity index (χ3n) is 3.19. The van der Waals surface area contributed by atoms with E-state index in [4.69, 9.17) is 0 Å². The lowest BCUT2D eigenvalue weighted by Gasteiger charge is -2.36. The molecule has 1 aliphatic rings. The molecule has 2 unspecified atom stereocenters. The van der Waals surface area contributed by atoms with E-state index in [1.165, 1.54) is 4.90 Å². The molecule has 2 atom stereocenters. The van der Waals surface area contributed by atoms with Gasteiger partial charge in [-0.3, -0.25) is 9.59 Å². The van der Waals surface area contributed by atoms with Gasteiger partial charge in [-0.25, -0.2) is 8.42 Å². The molecular formula is C11H20N2O4S. The summed E-state index contributed by atoms with van der Waals surface area (Å²) >= 11 is 0. The third-order valence-corrected chi connectivity index (χ3v) is 5.38. The molecule has 7 heteroatoms. The second-order valence-electron chi connectivity index (χ2n) is 4.85. The fourth-order valence-corrected chi connectivity index (χ4v) is 2.66. The zero-order valence-electron chi connectivity index (χ0n) is 11.1. The molecule has 1 aliphatic heterocycles. The van der Waals surface area contributed by atoms with Crippen molar-refractivity contribution in [3.8, 4) is 0 Å². The van der Waals surface area contributed by atoms with E-state index in [2.05, 4.69) is 5.32 Å². The van der Waals surface area contributed by atoms with Gasteiger partial charge in [0.05, 0.1) is 11.0 Å². The molecule has 1 heterocycles. The highest BCUT2D eigenvalue weighted by molar-refractivity contribution is 7.92. The van der Waals surface area contributed by atoms with E-state index < -0.39 is 27.2 Å². The van der Waals surface area contributed by atoms with E-state index in [-0.39, 0.29) is 24.1 Å². The Morgan fingerprint density at radius 1 is 1.28 bits per heavy atom. The lowest BCUT2D eigenvalue weighted by atomic mass is 10.1. The highest BCUT2D eigenvalue weighted by Crippen LogP contribution is 2.11. The highest BCUT2D eigenvalue weighted by Gasteiger charge is 2.36. The Hall–Kier alpha value is -1.11. The molecule has 18 heavy (non-hydrogen) atoms. The average Bonchev–Trinajstić information content (AvgIpc) is 2.26. The first kappa shape index (κ1) is 14.9. The van der Waals surface area contributed by atoms with Crippen LogP contribution in [0, 0.1) is 0 Å². The largest absolute Gasteiger partial charge is 0.343 e. The molecule has 0 radical (unpaired) electrons. The minimum atomic E-state index is -3.20. The van der Waals surface area contributed by atoms with Gasteiger partial charge in [0.25, 0.3) is 0 Å². The summed E-state index contributed by atoms with van der Waals surface area (Å²) in [7, 11) is -3.20. The fourth-order valence-electron chi connectivity index (χ4n) is 1.74. The predicted molar refractivity (Wildman–Crippen MR) is 67.7 cm³/mol. The molecule has 1 rings (SSSR count). The maximum atomic E-state index is 11.9. The number of nitrogens with zero attached hydrogens (tertiary/aromatic N) is 1. The number of carbonyl (C=O) groups is 2. The van der Waals surface area contributed by atoms with E-state index in [0.717, 1.165) is 0 Å². The van der Waals surface area contributed by atoms with Crippen LogP contribution in [0.25, 0.3) is 0 Å². The fraction of sp³-hybridized carbons (Fsp3) is 0.818. The van der Waals surface area contributed by atoms with Gasteiger partial charge in [-0.2, -0.15) is 0 Å². The van der Waals surface area contributed by atoms with E-state index in [0.29, 0.717) is 0 Å².